The smallest absolute Gasteiger partial charge is 0.180 e. The van der Waals surface area contributed by atoms with Crippen LogP contribution in [-0.4, -0.2) is 24.4 Å². The van der Waals surface area contributed by atoms with Crippen molar-refractivity contribution >= 4 is 5.78 Å². The van der Waals surface area contributed by atoms with Crippen LogP contribution in [0.4, 0.5) is 0 Å². The Morgan fingerprint density at radius 2 is 2.11 bits per heavy atom. The summed E-state index contributed by atoms with van der Waals surface area (Å²) in [6, 6.07) is 11.1. The molecule has 0 saturated carbocycles. The first-order valence-corrected chi connectivity index (χ1v) is 6.07. The van der Waals surface area contributed by atoms with Gasteiger partial charge in [0.25, 0.3) is 0 Å². The largest absolute Gasteiger partial charge is 0.496 e. The highest BCUT2D eigenvalue weighted by atomic mass is 16.5. The number of carbonyl (C=O) groups is 1. The SMILES string of the molecule is COc1ccccc1C(=O)CNCc1cccnc1. The number of Topliss-reactive ketones (excluding diaryl/α,β-unsaturated/α-hetero) is 1. The van der Waals surface area contributed by atoms with Gasteiger partial charge in [-0.2, -0.15) is 0 Å². The summed E-state index contributed by atoms with van der Waals surface area (Å²) >= 11 is 0. The highest BCUT2D eigenvalue weighted by molar-refractivity contribution is 6.00. The Morgan fingerprint density at radius 1 is 1.26 bits per heavy atom. The molecule has 0 fully saturated rings. The Labute approximate surface area is 112 Å². The van der Waals surface area contributed by atoms with Gasteiger partial charge in [0.05, 0.1) is 19.2 Å². The maximum atomic E-state index is 12.1. The number of carbonyl (C=O) groups excluding carboxylic acids is 1. The highest BCUT2D eigenvalue weighted by Crippen LogP contribution is 2.17. The van der Waals surface area contributed by atoms with Gasteiger partial charge in [-0.3, -0.25) is 9.78 Å². The van der Waals surface area contributed by atoms with Crippen molar-refractivity contribution < 1.29 is 9.53 Å². The number of aromatic nitrogens is 1. The van der Waals surface area contributed by atoms with Gasteiger partial charge in [-0.05, 0) is 23.8 Å². The average molecular weight is 256 g/mol. The molecule has 0 atom stereocenters. The number of pyridine rings is 1. The lowest BCUT2D eigenvalue weighted by molar-refractivity contribution is 0.0988. The van der Waals surface area contributed by atoms with E-state index in [2.05, 4.69) is 10.3 Å². The van der Waals surface area contributed by atoms with Gasteiger partial charge in [-0.1, -0.05) is 18.2 Å². The molecule has 4 nitrogen and oxygen atoms in total. The van der Waals surface area contributed by atoms with Crippen LogP contribution in [0, 0.1) is 0 Å². The van der Waals surface area contributed by atoms with Gasteiger partial charge >= 0.3 is 0 Å². The van der Waals surface area contributed by atoms with Crippen LogP contribution in [-0.2, 0) is 6.54 Å². The number of benzene rings is 1. The van der Waals surface area contributed by atoms with E-state index in [-0.39, 0.29) is 12.3 Å². The van der Waals surface area contributed by atoms with Crippen molar-refractivity contribution in [3.05, 3.63) is 59.9 Å². The number of ether oxygens (including phenoxy) is 1. The molecule has 1 aromatic carbocycles. The van der Waals surface area contributed by atoms with E-state index in [0.29, 0.717) is 17.9 Å². The highest BCUT2D eigenvalue weighted by Gasteiger charge is 2.10. The lowest BCUT2D eigenvalue weighted by Crippen LogP contribution is -2.23. The zero-order chi connectivity index (χ0) is 13.5. The molecule has 0 radical (unpaired) electrons. The van der Waals surface area contributed by atoms with Crippen LogP contribution in [0.25, 0.3) is 0 Å². The van der Waals surface area contributed by atoms with E-state index in [1.165, 1.54) is 0 Å². The van der Waals surface area contributed by atoms with E-state index in [9.17, 15) is 4.79 Å². The first kappa shape index (κ1) is 13.2. The quantitative estimate of drug-likeness (QED) is 0.804. The van der Waals surface area contributed by atoms with Crippen LogP contribution in [0.15, 0.2) is 48.8 Å². The first-order chi connectivity index (χ1) is 9.31. The predicted octanol–water partition coefficient (Wildman–Crippen LogP) is 2.06. The number of methoxy groups -OCH3 is 1. The number of nitrogens with one attached hydrogen (secondary N) is 1. The van der Waals surface area contributed by atoms with Crippen molar-refractivity contribution in [1.29, 1.82) is 0 Å². The minimum atomic E-state index is 0.0151. The Hall–Kier alpha value is -2.20. The fourth-order valence-electron chi connectivity index (χ4n) is 1.79. The second-order valence-corrected chi connectivity index (χ2v) is 4.09. The predicted molar refractivity (Wildman–Crippen MR) is 73.3 cm³/mol. The molecule has 4 heteroatoms. The number of ketones is 1. The van der Waals surface area contributed by atoms with E-state index in [1.807, 2.05) is 24.3 Å². The van der Waals surface area contributed by atoms with Gasteiger partial charge in [0, 0.05) is 18.9 Å². The summed E-state index contributed by atoms with van der Waals surface area (Å²) in [6.45, 7) is 0.893. The lowest BCUT2D eigenvalue weighted by Gasteiger charge is -2.08. The molecule has 1 heterocycles. The normalized spacial score (nSPS) is 10.2. The number of hydrogen-bond acceptors (Lipinski definition) is 4. The number of rotatable bonds is 6. The molecule has 1 aromatic heterocycles. The van der Waals surface area contributed by atoms with Gasteiger partial charge in [0.2, 0.25) is 0 Å². The molecule has 0 saturated heterocycles. The second kappa shape index (κ2) is 6.66. The third-order valence-corrected chi connectivity index (χ3v) is 2.74. The van der Waals surface area contributed by atoms with Crippen LogP contribution in [0.1, 0.15) is 15.9 Å². The first-order valence-electron chi connectivity index (χ1n) is 6.07. The maximum Gasteiger partial charge on any atom is 0.180 e. The summed E-state index contributed by atoms with van der Waals surface area (Å²) < 4.78 is 5.17. The molecule has 19 heavy (non-hydrogen) atoms. The van der Waals surface area contributed by atoms with E-state index < -0.39 is 0 Å². The Kier molecular flexibility index (Phi) is 4.64. The monoisotopic (exact) mass is 256 g/mol. The van der Waals surface area contributed by atoms with Crippen molar-refractivity contribution in [2.75, 3.05) is 13.7 Å². The van der Waals surface area contributed by atoms with Gasteiger partial charge in [0.15, 0.2) is 5.78 Å². The summed E-state index contributed by atoms with van der Waals surface area (Å²) in [5.74, 6) is 0.622. The fraction of sp³-hybridized carbons (Fsp3) is 0.200. The van der Waals surface area contributed by atoms with E-state index in [0.717, 1.165) is 5.56 Å². The van der Waals surface area contributed by atoms with Crippen LogP contribution < -0.4 is 10.1 Å². The molecular formula is C15H16N2O2. The number of hydrogen-bond donors (Lipinski definition) is 1. The molecule has 0 amide bonds. The Morgan fingerprint density at radius 3 is 2.84 bits per heavy atom. The number of para-hydroxylation sites is 1. The van der Waals surface area contributed by atoms with E-state index in [4.69, 9.17) is 4.74 Å². The average Bonchev–Trinajstić information content (AvgIpc) is 2.48. The molecule has 0 bridgehead atoms. The maximum absolute atomic E-state index is 12.1. The van der Waals surface area contributed by atoms with Crippen LogP contribution >= 0.6 is 0 Å². The van der Waals surface area contributed by atoms with Gasteiger partial charge < -0.3 is 10.1 Å². The third kappa shape index (κ3) is 3.63. The lowest BCUT2D eigenvalue weighted by atomic mass is 10.1. The molecule has 0 aliphatic heterocycles. The molecule has 0 spiro atoms. The standard InChI is InChI=1S/C15H16N2O2/c1-19-15-7-3-2-6-13(15)14(18)11-17-10-12-5-4-8-16-9-12/h2-9,17H,10-11H2,1H3. The molecule has 98 valence electrons. The topological polar surface area (TPSA) is 51.2 Å². The molecule has 1 N–H and O–H groups in total. The summed E-state index contributed by atoms with van der Waals surface area (Å²) in [6.07, 6.45) is 3.50. The van der Waals surface area contributed by atoms with Crippen LogP contribution in [0.2, 0.25) is 0 Å². The van der Waals surface area contributed by atoms with Crippen molar-refractivity contribution in [2.24, 2.45) is 0 Å². The minimum absolute atomic E-state index is 0.0151. The second-order valence-electron chi connectivity index (χ2n) is 4.09. The minimum Gasteiger partial charge on any atom is -0.496 e. The van der Waals surface area contributed by atoms with Crippen molar-refractivity contribution in [1.82, 2.24) is 10.3 Å². The van der Waals surface area contributed by atoms with Crippen molar-refractivity contribution in [3.8, 4) is 5.75 Å². The summed E-state index contributed by atoms with van der Waals surface area (Å²) in [5, 5.41) is 3.11. The van der Waals surface area contributed by atoms with Crippen LogP contribution in [0.5, 0.6) is 5.75 Å². The van der Waals surface area contributed by atoms with Crippen molar-refractivity contribution in [3.63, 3.8) is 0 Å². The zero-order valence-corrected chi connectivity index (χ0v) is 10.8. The van der Waals surface area contributed by atoms with Gasteiger partial charge in [-0.15, -0.1) is 0 Å². The van der Waals surface area contributed by atoms with Gasteiger partial charge in [0.1, 0.15) is 5.75 Å². The van der Waals surface area contributed by atoms with Crippen LogP contribution in [0.3, 0.4) is 0 Å². The molecule has 0 aliphatic rings. The summed E-state index contributed by atoms with van der Waals surface area (Å²) in [7, 11) is 1.56. The summed E-state index contributed by atoms with van der Waals surface area (Å²) in [4.78, 5) is 16.1. The molecule has 0 aliphatic carbocycles. The number of nitrogens with zero attached hydrogens (tertiary/aromatic N) is 1. The third-order valence-electron chi connectivity index (χ3n) is 2.74. The van der Waals surface area contributed by atoms with E-state index >= 15 is 0 Å². The zero-order valence-electron chi connectivity index (χ0n) is 10.8. The Balaban J connectivity index is 1.91. The fourth-order valence-corrected chi connectivity index (χ4v) is 1.79. The van der Waals surface area contributed by atoms with E-state index in [1.54, 1.807) is 31.6 Å². The Bertz CT molecular complexity index is 541. The molecule has 2 rings (SSSR count). The summed E-state index contributed by atoms with van der Waals surface area (Å²) in [5.41, 5.74) is 1.65. The van der Waals surface area contributed by atoms with Crippen molar-refractivity contribution in [2.45, 2.75) is 6.54 Å². The molecular weight excluding hydrogens is 240 g/mol. The molecule has 2 aromatic rings. The van der Waals surface area contributed by atoms with Gasteiger partial charge in [-0.25, -0.2) is 0 Å². The molecule has 0 unspecified atom stereocenters.